The maximum atomic E-state index is 12.9. The van der Waals surface area contributed by atoms with Gasteiger partial charge in [0.2, 0.25) is 11.8 Å². The lowest BCUT2D eigenvalue weighted by molar-refractivity contribution is -0.133. The largest absolute Gasteiger partial charge is 0.380 e. The Balaban J connectivity index is 1.55. The van der Waals surface area contributed by atoms with Gasteiger partial charge >= 0.3 is 0 Å². The Morgan fingerprint density at radius 1 is 1.29 bits per heavy atom. The molecule has 2 amide bonds. The van der Waals surface area contributed by atoms with Crippen molar-refractivity contribution in [2.45, 2.75) is 58.6 Å². The summed E-state index contributed by atoms with van der Waals surface area (Å²) in [7, 11) is 1.56. The molecular formula is C21H29N5O5. The molecule has 0 spiro atoms. The maximum absolute atomic E-state index is 12.9. The van der Waals surface area contributed by atoms with Crippen LogP contribution in [-0.4, -0.2) is 58.3 Å². The standard InChI is InChI=1S/C21H29N5O5/c1-11(2)19(28)26-8-14-6-15(7-21(14,10-26)20-22-13(4)24-31-20)23-18(27)17-16(9-29-5)12(3)30-25-17/h11,14-15H,6-10H2,1-5H3,(H,23,27). The maximum Gasteiger partial charge on any atom is 0.274 e. The van der Waals surface area contributed by atoms with Gasteiger partial charge in [-0.05, 0) is 32.6 Å². The van der Waals surface area contributed by atoms with Crippen molar-refractivity contribution in [1.29, 1.82) is 0 Å². The molecule has 2 aliphatic rings. The van der Waals surface area contributed by atoms with Crippen molar-refractivity contribution in [3.63, 3.8) is 0 Å². The summed E-state index contributed by atoms with van der Waals surface area (Å²) < 4.78 is 15.9. The first-order valence-corrected chi connectivity index (χ1v) is 10.6. The molecule has 0 radical (unpaired) electrons. The van der Waals surface area contributed by atoms with E-state index in [2.05, 4.69) is 20.6 Å². The number of carbonyl (C=O) groups is 2. The number of nitrogens with one attached hydrogen (secondary N) is 1. The summed E-state index contributed by atoms with van der Waals surface area (Å²) in [5, 5.41) is 11.0. The van der Waals surface area contributed by atoms with Gasteiger partial charge < -0.3 is 24.0 Å². The Morgan fingerprint density at radius 2 is 2.06 bits per heavy atom. The number of nitrogens with zero attached hydrogens (tertiary/aromatic N) is 4. The molecule has 0 aromatic carbocycles. The van der Waals surface area contributed by atoms with E-state index < -0.39 is 5.41 Å². The molecule has 1 saturated carbocycles. The SMILES string of the molecule is COCc1c(C(=O)NC2CC3CN(C(=O)C(C)C)CC3(c3nc(C)no3)C2)noc1C. The van der Waals surface area contributed by atoms with Gasteiger partial charge in [0.05, 0.1) is 17.6 Å². The third kappa shape index (κ3) is 3.73. The van der Waals surface area contributed by atoms with E-state index in [-0.39, 0.29) is 42.0 Å². The van der Waals surface area contributed by atoms with Gasteiger partial charge in [-0.15, -0.1) is 0 Å². The zero-order chi connectivity index (χ0) is 22.3. The third-order valence-electron chi connectivity index (χ3n) is 6.46. The Labute approximate surface area is 180 Å². The third-order valence-corrected chi connectivity index (χ3v) is 6.46. The minimum Gasteiger partial charge on any atom is -0.380 e. The van der Waals surface area contributed by atoms with Gasteiger partial charge in [0.25, 0.3) is 5.91 Å². The highest BCUT2D eigenvalue weighted by Gasteiger charge is 2.58. The highest BCUT2D eigenvalue weighted by molar-refractivity contribution is 5.94. The van der Waals surface area contributed by atoms with Crippen LogP contribution >= 0.6 is 0 Å². The number of hydrogen-bond acceptors (Lipinski definition) is 8. The van der Waals surface area contributed by atoms with Gasteiger partial charge in [-0.3, -0.25) is 9.59 Å². The van der Waals surface area contributed by atoms with E-state index in [0.29, 0.717) is 49.0 Å². The number of carbonyl (C=O) groups excluding carboxylic acids is 2. The van der Waals surface area contributed by atoms with Gasteiger partial charge in [0.1, 0.15) is 5.76 Å². The van der Waals surface area contributed by atoms with E-state index in [1.54, 1.807) is 21.0 Å². The Morgan fingerprint density at radius 3 is 2.71 bits per heavy atom. The molecule has 2 aromatic rings. The van der Waals surface area contributed by atoms with Crippen LogP contribution in [0.25, 0.3) is 0 Å². The minimum absolute atomic E-state index is 0.0783. The summed E-state index contributed by atoms with van der Waals surface area (Å²) in [5.74, 6) is 1.54. The molecule has 3 heterocycles. The van der Waals surface area contributed by atoms with Crippen LogP contribution in [-0.2, 0) is 21.6 Å². The smallest absolute Gasteiger partial charge is 0.274 e. The zero-order valence-electron chi connectivity index (χ0n) is 18.6. The topological polar surface area (TPSA) is 124 Å². The minimum atomic E-state index is -0.459. The molecule has 2 aromatic heterocycles. The number of hydrogen-bond donors (Lipinski definition) is 1. The summed E-state index contributed by atoms with van der Waals surface area (Å²) >= 11 is 0. The second-order valence-electron chi connectivity index (χ2n) is 8.98. The number of likely N-dealkylation sites (tertiary alicyclic amines) is 1. The van der Waals surface area contributed by atoms with E-state index in [0.717, 1.165) is 0 Å². The molecule has 1 saturated heterocycles. The van der Waals surface area contributed by atoms with Gasteiger partial charge in [0, 0.05) is 32.2 Å². The van der Waals surface area contributed by atoms with Gasteiger partial charge in [-0.2, -0.15) is 4.98 Å². The van der Waals surface area contributed by atoms with Crippen LogP contribution in [0.15, 0.2) is 9.05 Å². The average molecular weight is 431 g/mol. The van der Waals surface area contributed by atoms with Crippen LogP contribution in [0.3, 0.4) is 0 Å². The zero-order valence-corrected chi connectivity index (χ0v) is 18.6. The average Bonchev–Trinajstić information content (AvgIpc) is 3.45. The molecule has 168 valence electrons. The predicted molar refractivity (Wildman–Crippen MR) is 108 cm³/mol. The lowest BCUT2D eigenvalue weighted by Crippen LogP contribution is -2.40. The Hall–Kier alpha value is -2.75. The summed E-state index contributed by atoms with van der Waals surface area (Å²) in [4.78, 5) is 32.0. The Bertz CT molecular complexity index is 983. The number of aryl methyl sites for hydroxylation is 2. The first-order chi connectivity index (χ1) is 14.7. The monoisotopic (exact) mass is 431 g/mol. The van der Waals surface area contributed by atoms with Crippen LogP contribution in [0.2, 0.25) is 0 Å². The highest BCUT2D eigenvalue weighted by atomic mass is 16.5. The first-order valence-electron chi connectivity index (χ1n) is 10.6. The van der Waals surface area contributed by atoms with Crippen LogP contribution in [0.5, 0.6) is 0 Å². The molecule has 10 heteroatoms. The van der Waals surface area contributed by atoms with Crippen molar-refractivity contribution >= 4 is 11.8 Å². The number of fused-ring (bicyclic) bond motifs is 1. The van der Waals surface area contributed by atoms with E-state index in [4.69, 9.17) is 13.8 Å². The van der Waals surface area contributed by atoms with Gasteiger partial charge in [-0.1, -0.05) is 24.2 Å². The van der Waals surface area contributed by atoms with Gasteiger partial charge in [0.15, 0.2) is 11.5 Å². The number of rotatable bonds is 6. The van der Waals surface area contributed by atoms with E-state index in [1.165, 1.54) is 0 Å². The second kappa shape index (κ2) is 8.07. The number of aromatic nitrogens is 3. The molecule has 3 unspecified atom stereocenters. The van der Waals surface area contributed by atoms with Crippen molar-refractivity contribution in [3.8, 4) is 0 Å². The van der Waals surface area contributed by atoms with Crippen LogP contribution in [0.1, 0.15) is 60.2 Å². The number of methoxy groups -OCH3 is 1. The van der Waals surface area contributed by atoms with Crippen LogP contribution < -0.4 is 5.32 Å². The van der Waals surface area contributed by atoms with Crippen molar-refractivity contribution in [3.05, 3.63) is 28.7 Å². The number of ether oxygens (including phenoxy) is 1. The second-order valence-corrected chi connectivity index (χ2v) is 8.98. The van der Waals surface area contributed by atoms with Crippen molar-refractivity contribution < 1.29 is 23.4 Å². The van der Waals surface area contributed by atoms with Crippen molar-refractivity contribution in [1.82, 2.24) is 25.5 Å². The van der Waals surface area contributed by atoms with Crippen molar-refractivity contribution in [2.75, 3.05) is 20.2 Å². The molecule has 10 nitrogen and oxygen atoms in total. The Kier molecular flexibility index (Phi) is 5.59. The highest BCUT2D eigenvalue weighted by Crippen LogP contribution is 2.50. The van der Waals surface area contributed by atoms with E-state index in [1.807, 2.05) is 18.7 Å². The lowest BCUT2D eigenvalue weighted by atomic mass is 9.80. The fourth-order valence-corrected chi connectivity index (χ4v) is 4.98. The van der Waals surface area contributed by atoms with Gasteiger partial charge in [-0.25, -0.2) is 0 Å². The lowest BCUT2D eigenvalue weighted by Gasteiger charge is -2.26. The summed E-state index contributed by atoms with van der Waals surface area (Å²) in [5.41, 5.74) is 0.434. The molecule has 3 atom stereocenters. The first kappa shape index (κ1) is 21.5. The van der Waals surface area contributed by atoms with Crippen molar-refractivity contribution in [2.24, 2.45) is 11.8 Å². The molecule has 1 N–H and O–H groups in total. The van der Waals surface area contributed by atoms with E-state index in [9.17, 15) is 9.59 Å². The molecule has 1 aliphatic heterocycles. The summed E-state index contributed by atoms with van der Waals surface area (Å²) in [6.45, 7) is 8.72. The molecule has 2 fully saturated rings. The molecule has 4 rings (SSSR count). The number of amides is 2. The van der Waals surface area contributed by atoms with Crippen LogP contribution in [0.4, 0.5) is 0 Å². The quantitative estimate of drug-likeness (QED) is 0.734. The molecular weight excluding hydrogens is 402 g/mol. The molecule has 1 aliphatic carbocycles. The molecule has 31 heavy (non-hydrogen) atoms. The van der Waals surface area contributed by atoms with E-state index >= 15 is 0 Å². The summed E-state index contributed by atoms with van der Waals surface area (Å²) in [6.07, 6.45) is 1.33. The molecule has 0 bridgehead atoms. The fourth-order valence-electron chi connectivity index (χ4n) is 4.98. The normalized spacial score (nSPS) is 25.3. The van der Waals surface area contributed by atoms with Crippen LogP contribution in [0, 0.1) is 25.7 Å². The summed E-state index contributed by atoms with van der Waals surface area (Å²) in [6, 6.07) is -0.103. The fraction of sp³-hybridized carbons (Fsp3) is 0.667. The predicted octanol–water partition coefficient (Wildman–Crippen LogP) is 1.77.